The first-order valence-corrected chi connectivity index (χ1v) is 13.0. The maximum absolute atomic E-state index is 13.4. The first-order valence-electron chi connectivity index (χ1n) is 13.0. The van der Waals surface area contributed by atoms with Crippen LogP contribution in [0, 0.1) is 20.8 Å². The zero-order valence-corrected chi connectivity index (χ0v) is 22.5. The average molecular weight is 510 g/mol. The number of hydrogen-bond donors (Lipinski definition) is 2. The van der Waals surface area contributed by atoms with Gasteiger partial charge in [-0.2, -0.15) is 5.10 Å². The number of benzene rings is 3. The standard InChI is InChI=1S/C31H35N5O2/c1-5-6-20-35(31(38)32-26-16-12-22(2)13-17-26)21-28(37)33-30-29(25-10-8-7-9-11-25)24(4)34-36(30)27-18-14-23(3)15-19-27/h7-19H,5-6,20-21H2,1-4H3,(H,32,38)(H,33,37). The number of aromatic nitrogens is 2. The summed E-state index contributed by atoms with van der Waals surface area (Å²) in [6.07, 6.45) is 1.71. The van der Waals surface area contributed by atoms with Gasteiger partial charge in [0.05, 0.1) is 11.4 Å². The number of aryl methyl sites for hydroxylation is 3. The molecule has 4 rings (SSSR count). The Hall–Kier alpha value is -4.39. The number of unbranched alkanes of at least 4 members (excludes halogenated alkanes) is 1. The van der Waals surface area contributed by atoms with E-state index < -0.39 is 0 Å². The third-order valence-corrected chi connectivity index (χ3v) is 6.37. The van der Waals surface area contributed by atoms with Crippen molar-refractivity contribution in [2.24, 2.45) is 0 Å². The molecule has 4 aromatic rings. The van der Waals surface area contributed by atoms with E-state index in [4.69, 9.17) is 5.10 Å². The highest BCUT2D eigenvalue weighted by atomic mass is 16.2. The van der Waals surface area contributed by atoms with Crippen LogP contribution in [-0.4, -0.2) is 39.7 Å². The highest BCUT2D eigenvalue weighted by molar-refractivity contribution is 5.99. The van der Waals surface area contributed by atoms with Crippen molar-refractivity contribution in [3.63, 3.8) is 0 Å². The van der Waals surface area contributed by atoms with Crippen molar-refractivity contribution in [3.8, 4) is 16.8 Å². The first-order chi connectivity index (χ1) is 18.4. The Morgan fingerprint density at radius 3 is 2.11 bits per heavy atom. The summed E-state index contributed by atoms with van der Waals surface area (Å²) in [5.41, 5.74) is 6.39. The van der Waals surface area contributed by atoms with E-state index in [9.17, 15) is 9.59 Å². The second-order valence-electron chi connectivity index (χ2n) is 9.54. The fraction of sp³-hybridized carbons (Fsp3) is 0.258. The molecule has 0 unspecified atom stereocenters. The second kappa shape index (κ2) is 12.2. The molecule has 196 valence electrons. The second-order valence-corrected chi connectivity index (χ2v) is 9.54. The van der Waals surface area contributed by atoms with Crippen molar-refractivity contribution in [1.82, 2.24) is 14.7 Å². The zero-order chi connectivity index (χ0) is 27.1. The van der Waals surface area contributed by atoms with Crippen molar-refractivity contribution < 1.29 is 9.59 Å². The summed E-state index contributed by atoms with van der Waals surface area (Å²) in [6.45, 7) is 8.42. The SMILES string of the molecule is CCCCN(CC(=O)Nc1c(-c2ccccc2)c(C)nn1-c1ccc(C)cc1)C(=O)Nc1ccc(C)cc1. The summed E-state index contributed by atoms with van der Waals surface area (Å²) < 4.78 is 1.76. The Balaban J connectivity index is 1.62. The van der Waals surface area contributed by atoms with Gasteiger partial charge < -0.3 is 15.5 Å². The fourth-order valence-electron chi connectivity index (χ4n) is 4.25. The quantitative estimate of drug-likeness (QED) is 0.262. The van der Waals surface area contributed by atoms with Gasteiger partial charge in [0.1, 0.15) is 12.4 Å². The molecule has 0 saturated carbocycles. The van der Waals surface area contributed by atoms with Crippen molar-refractivity contribution in [1.29, 1.82) is 0 Å². The predicted octanol–water partition coefficient (Wildman–Crippen LogP) is 6.74. The molecule has 0 bridgehead atoms. The van der Waals surface area contributed by atoms with Crippen LogP contribution < -0.4 is 10.6 Å². The summed E-state index contributed by atoms with van der Waals surface area (Å²) in [6, 6.07) is 25.2. The van der Waals surface area contributed by atoms with Gasteiger partial charge in [0.15, 0.2) is 0 Å². The molecule has 0 aliphatic heterocycles. The van der Waals surface area contributed by atoms with E-state index in [1.54, 1.807) is 9.58 Å². The molecule has 0 spiro atoms. The molecule has 38 heavy (non-hydrogen) atoms. The Kier molecular flexibility index (Phi) is 8.58. The Bertz CT molecular complexity index is 1380. The van der Waals surface area contributed by atoms with Crippen molar-refractivity contribution >= 4 is 23.4 Å². The smallest absolute Gasteiger partial charge is 0.315 e. The molecule has 1 heterocycles. The van der Waals surface area contributed by atoms with Gasteiger partial charge in [-0.3, -0.25) is 4.79 Å². The number of nitrogens with one attached hydrogen (secondary N) is 2. The number of anilines is 2. The number of urea groups is 1. The monoisotopic (exact) mass is 509 g/mol. The van der Waals surface area contributed by atoms with Crippen LogP contribution >= 0.6 is 0 Å². The van der Waals surface area contributed by atoms with Crippen LogP contribution in [0.15, 0.2) is 78.9 Å². The van der Waals surface area contributed by atoms with E-state index >= 15 is 0 Å². The van der Waals surface area contributed by atoms with Crippen LogP contribution in [-0.2, 0) is 4.79 Å². The van der Waals surface area contributed by atoms with Gasteiger partial charge in [0.25, 0.3) is 0 Å². The summed E-state index contributed by atoms with van der Waals surface area (Å²) in [7, 11) is 0. The van der Waals surface area contributed by atoms with E-state index in [-0.39, 0.29) is 18.5 Å². The first kappa shape index (κ1) is 26.7. The van der Waals surface area contributed by atoms with Crippen LogP contribution in [0.4, 0.5) is 16.3 Å². The van der Waals surface area contributed by atoms with Gasteiger partial charge in [-0.1, -0.05) is 79.1 Å². The molecule has 1 aromatic heterocycles. The third kappa shape index (κ3) is 6.48. The summed E-state index contributed by atoms with van der Waals surface area (Å²) >= 11 is 0. The maximum atomic E-state index is 13.4. The number of carbonyl (C=O) groups is 2. The molecule has 7 heteroatoms. The molecular formula is C31H35N5O2. The van der Waals surface area contributed by atoms with Crippen LogP contribution in [0.5, 0.6) is 0 Å². The molecule has 3 aromatic carbocycles. The fourth-order valence-corrected chi connectivity index (χ4v) is 4.25. The lowest BCUT2D eigenvalue weighted by atomic mass is 10.1. The van der Waals surface area contributed by atoms with Crippen molar-refractivity contribution in [2.45, 2.75) is 40.5 Å². The predicted molar refractivity (Wildman–Crippen MR) is 154 cm³/mol. The number of carbonyl (C=O) groups excluding carboxylic acids is 2. The maximum Gasteiger partial charge on any atom is 0.322 e. The van der Waals surface area contributed by atoms with Gasteiger partial charge in [-0.15, -0.1) is 0 Å². The summed E-state index contributed by atoms with van der Waals surface area (Å²) in [5, 5.41) is 10.8. The molecule has 0 saturated heterocycles. The van der Waals surface area contributed by atoms with Crippen LogP contribution in [0.25, 0.3) is 16.8 Å². The minimum absolute atomic E-state index is 0.0793. The minimum Gasteiger partial charge on any atom is -0.315 e. The molecule has 0 fully saturated rings. The topological polar surface area (TPSA) is 79.3 Å². The van der Waals surface area contributed by atoms with Gasteiger partial charge in [-0.05, 0) is 57.0 Å². The Labute approximate surface area is 224 Å². The molecule has 3 amide bonds. The molecule has 0 aliphatic carbocycles. The molecule has 0 aliphatic rings. The van der Waals surface area contributed by atoms with Crippen LogP contribution in [0.1, 0.15) is 36.6 Å². The van der Waals surface area contributed by atoms with Gasteiger partial charge >= 0.3 is 6.03 Å². The van der Waals surface area contributed by atoms with Gasteiger partial charge in [0.2, 0.25) is 5.91 Å². The molecule has 0 atom stereocenters. The van der Waals surface area contributed by atoms with E-state index in [1.165, 1.54) is 0 Å². The molecular weight excluding hydrogens is 474 g/mol. The Morgan fingerprint density at radius 2 is 1.47 bits per heavy atom. The van der Waals surface area contributed by atoms with E-state index in [1.807, 2.05) is 99.6 Å². The van der Waals surface area contributed by atoms with E-state index in [2.05, 4.69) is 17.6 Å². The third-order valence-electron chi connectivity index (χ3n) is 6.37. The number of nitrogens with zero attached hydrogens (tertiary/aromatic N) is 3. The minimum atomic E-state index is -0.302. The molecule has 0 radical (unpaired) electrons. The lowest BCUT2D eigenvalue weighted by molar-refractivity contribution is -0.116. The van der Waals surface area contributed by atoms with Gasteiger partial charge in [-0.25, -0.2) is 9.48 Å². The lowest BCUT2D eigenvalue weighted by Crippen LogP contribution is -2.41. The Morgan fingerprint density at radius 1 is 0.842 bits per heavy atom. The van der Waals surface area contributed by atoms with Crippen molar-refractivity contribution in [2.75, 3.05) is 23.7 Å². The summed E-state index contributed by atoms with van der Waals surface area (Å²) in [5.74, 6) is 0.294. The van der Waals surface area contributed by atoms with Gasteiger partial charge in [0, 0.05) is 17.8 Å². The highest BCUT2D eigenvalue weighted by Crippen LogP contribution is 2.33. The number of amides is 3. The normalized spacial score (nSPS) is 10.7. The van der Waals surface area contributed by atoms with E-state index in [0.29, 0.717) is 18.1 Å². The lowest BCUT2D eigenvalue weighted by Gasteiger charge is -2.23. The summed E-state index contributed by atoms with van der Waals surface area (Å²) in [4.78, 5) is 28.1. The zero-order valence-electron chi connectivity index (χ0n) is 22.5. The van der Waals surface area contributed by atoms with Crippen LogP contribution in [0.3, 0.4) is 0 Å². The highest BCUT2D eigenvalue weighted by Gasteiger charge is 2.23. The molecule has 7 nitrogen and oxygen atoms in total. The largest absolute Gasteiger partial charge is 0.322 e. The number of hydrogen-bond acceptors (Lipinski definition) is 3. The van der Waals surface area contributed by atoms with Crippen LogP contribution in [0.2, 0.25) is 0 Å². The average Bonchev–Trinajstić information content (AvgIpc) is 3.23. The van der Waals surface area contributed by atoms with E-state index in [0.717, 1.165) is 46.5 Å². The van der Waals surface area contributed by atoms with Crippen molar-refractivity contribution in [3.05, 3.63) is 95.7 Å². The number of rotatable bonds is 9. The molecule has 2 N–H and O–H groups in total.